The molecule has 96 valence electrons. The first-order valence-corrected chi connectivity index (χ1v) is 5.01. The van der Waals surface area contributed by atoms with E-state index in [1.54, 1.807) is 7.05 Å². The SMILES string of the molecule is CNCCCNC(=O)CCOCC(F)(F)F. The number of hydrogen-bond donors (Lipinski definition) is 2. The molecule has 0 atom stereocenters. The van der Waals surface area contributed by atoms with Crippen LogP contribution in [0.1, 0.15) is 12.8 Å². The number of amides is 1. The van der Waals surface area contributed by atoms with E-state index < -0.39 is 12.8 Å². The van der Waals surface area contributed by atoms with Crippen molar-refractivity contribution in [3.8, 4) is 0 Å². The average Bonchev–Trinajstić information content (AvgIpc) is 2.18. The highest BCUT2D eigenvalue weighted by molar-refractivity contribution is 5.75. The molecule has 0 saturated carbocycles. The molecular formula is C9H17F3N2O2. The van der Waals surface area contributed by atoms with Crippen molar-refractivity contribution in [2.24, 2.45) is 0 Å². The summed E-state index contributed by atoms with van der Waals surface area (Å²) in [6, 6.07) is 0. The van der Waals surface area contributed by atoms with Crippen molar-refractivity contribution in [2.45, 2.75) is 19.0 Å². The van der Waals surface area contributed by atoms with Gasteiger partial charge < -0.3 is 15.4 Å². The molecule has 1 amide bonds. The molecule has 0 aliphatic carbocycles. The van der Waals surface area contributed by atoms with Gasteiger partial charge in [0.15, 0.2) is 0 Å². The molecule has 7 heteroatoms. The lowest BCUT2D eigenvalue weighted by Crippen LogP contribution is -2.28. The highest BCUT2D eigenvalue weighted by atomic mass is 19.4. The largest absolute Gasteiger partial charge is 0.411 e. The fourth-order valence-electron chi connectivity index (χ4n) is 0.934. The van der Waals surface area contributed by atoms with Crippen molar-refractivity contribution >= 4 is 5.91 Å². The lowest BCUT2D eigenvalue weighted by molar-refractivity contribution is -0.174. The summed E-state index contributed by atoms with van der Waals surface area (Å²) < 4.78 is 39.2. The topological polar surface area (TPSA) is 50.4 Å². The van der Waals surface area contributed by atoms with Crippen LogP contribution in [-0.4, -0.2) is 45.4 Å². The number of carbonyl (C=O) groups is 1. The second-order valence-electron chi connectivity index (χ2n) is 3.22. The van der Waals surface area contributed by atoms with Gasteiger partial charge in [0.05, 0.1) is 6.61 Å². The molecule has 0 aromatic carbocycles. The van der Waals surface area contributed by atoms with Crippen molar-refractivity contribution in [1.29, 1.82) is 0 Å². The molecule has 2 N–H and O–H groups in total. The van der Waals surface area contributed by atoms with Gasteiger partial charge in [-0.3, -0.25) is 4.79 Å². The fraction of sp³-hybridized carbons (Fsp3) is 0.889. The van der Waals surface area contributed by atoms with E-state index in [-0.39, 0.29) is 18.9 Å². The summed E-state index contributed by atoms with van der Waals surface area (Å²) in [5, 5.41) is 5.48. The van der Waals surface area contributed by atoms with Crippen molar-refractivity contribution in [2.75, 3.05) is 33.4 Å². The van der Waals surface area contributed by atoms with Crippen LogP contribution >= 0.6 is 0 Å². The van der Waals surface area contributed by atoms with Gasteiger partial charge in [-0.25, -0.2) is 0 Å². The second-order valence-corrected chi connectivity index (χ2v) is 3.22. The van der Waals surface area contributed by atoms with Gasteiger partial charge in [-0.15, -0.1) is 0 Å². The van der Waals surface area contributed by atoms with Gasteiger partial charge in [0.2, 0.25) is 5.91 Å². The van der Waals surface area contributed by atoms with Crippen LogP contribution in [-0.2, 0) is 9.53 Å². The zero-order valence-electron chi connectivity index (χ0n) is 9.19. The van der Waals surface area contributed by atoms with E-state index in [0.29, 0.717) is 6.54 Å². The Kier molecular flexibility index (Phi) is 7.92. The van der Waals surface area contributed by atoms with Crippen LogP contribution in [0.5, 0.6) is 0 Å². The Morgan fingerprint density at radius 3 is 2.56 bits per heavy atom. The Balaban J connectivity index is 3.31. The standard InChI is InChI=1S/C9H17F3N2O2/c1-13-4-2-5-14-8(15)3-6-16-7-9(10,11)12/h13H,2-7H2,1H3,(H,14,15). The lowest BCUT2D eigenvalue weighted by Gasteiger charge is -2.08. The van der Waals surface area contributed by atoms with Gasteiger partial charge in [-0.1, -0.05) is 0 Å². The molecule has 0 aromatic heterocycles. The second kappa shape index (κ2) is 8.35. The minimum absolute atomic E-state index is 0.0460. The molecule has 16 heavy (non-hydrogen) atoms. The van der Waals surface area contributed by atoms with Crippen molar-refractivity contribution in [1.82, 2.24) is 10.6 Å². The smallest absolute Gasteiger partial charge is 0.372 e. The number of nitrogens with one attached hydrogen (secondary N) is 2. The van der Waals surface area contributed by atoms with Crippen LogP contribution in [0.3, 0.4) is 0 Å². The number of ether oxygens (including phenoxy) is 1. The molecule has 0 radical (unpaired) electrons. The van der Waals surface area contributed by atoms with Crippen molar-refractivity contribution in [3.63, 3.8) is 0 Å². The molecule has 0 fully saturated rings. The Hall–Kier alpha value is -0.820. The molecule has 0 heterocycles. The summed E-state index contributed by atoms with van der Waals surface area (Å²) in [4.78, 5) is 11.0. The predicted octanol–water partition coefficient (Wildman–Crippen LogP) is 0.681. The summed E-state index contributed by atoms with van der Waals surface area (Å²) in [7, 11) is 1.80. The maximum Gasteiger partial charge on any atom is 0.411 e. The molecule has 0 saturated heterocycles. The Morgan fingerprint density at radius 1 is 1.31 bits per heavy atom. The maximum atomic E-state index is 11.6. The first-order chi connectivity index (χ1) is 7.45. The third-order valence-electron chi connectivity index (χ3n) is 1.66. The van der Waals surface area contributed by atoms with Crippen LogP contribution in [0.2, 0.25) is 0 Å². The zero-order valence-corrected chi connectivity index (χ0v) is 9.19. The van der Waals surface area contributed by atoms with Gasteiger partial charge >= 0.3 is 6.18 Å². The molecule has 4 nitrogen and oxygen atoms in total. The van der Waals surface area contributed by atoms with Gasteiger partial charge in [0, 0.05) is 13.0 Å². The Bertz CT molecular complexity index is 198. The number of hydrogen-bond acceptors (Lipinski definition) is 3. The first-order valence-electron chi connectivity index (χ1n) is 5.01. The molecular weight excluding hydrogens is 225 g/mol. The number of alkyl halides is 3. The van der Waals surface area contributed by atoms with Crippen LogP contribution in [0.15, 0.2) is 0 Å². The van der Waals surface area contributed by atoms with E-state index in [1.807, 2.05) is 0 Å². The summed E-state index contributed by atoms with van der Waals surface area (Å²) in [5.74, 6) is -0.293. The molecule has 0 aromatic rings. The summed E-state index contributed by atoms with van der Waals surface area (Å²) in [6.45, 7) is -0.221. The fourth-order valence-corrected chi connectivity index (χ4v) is 0.934. The Morgan fingerprint density at radius 2 is 2.00 bits per heavy atom. The number of carbonyl (C=O) groups excluding carboxylic acids is 1. The normalized spacial score (nSPS) is 11.5. The summed E-state index contributed by atoms with van der Waals surface area (Å²) in [6.07, 6.45) is -3.59. The van der Waals surface area contributed by atoms with Crippen LogP contribution < -0.4 is 10.6 Å². The molecule has 0 unspecified atom stereocenters. The highest BCUT2D eigenvalue weighted by Crippen LogP contribution is 2.14. The van der Waals surface area contributed by atoms with E-state index in [2.05, 4.69) is 15.4 Å². The lowest BCUT2D eigenvalue weighted by atomic mass is 10.4. The zero-order chi connectivity index (χ0) is 12.4. The van der Waals surface area contributed by atoms with E-state index in [1.165, 1.54) is 0 Å². The quantitative estimate of drug-likeness (QED) is 0.615. The van der Waals surface area contributed by atoms with Gasteiger partial charge in [-0.2, -0.15) is 13.2 Å². The molecule has 0 spiro atoms. The average molecular weight is 242 g/mol. The maximum absolute atomic E-state index is 11.6. The first kappa shape index (κ1) is 15.2. The predicted molar refractivity (Wildman–Crippen MR) is 53.0 cm³/mol. The van der Waals surface area contributed by atoms with Crippen molar-refractivity contribution < 1.29 is 22.7 Å². The van der Waals surface area contributed by atoms with E-state index in [9.17, 15) is 18.0 Å². The van der Waals surface area contributed by atoms with Gasteiger partial charge in [0.1, 0.15) is 6.61 Å². The van der Waals surface area contributed by atoms with E-state index >= 15 is 0 Å². The minimum Gasteiger partial charge on any atom is -0.372 e. The molecule has 0 aliphatic rings. The minimum atomic E-state index is -4.33. The van der Waals surface area contributed by atoms with Gasteiger partial charge in [0.25, 0.3) is 0 Å². The molecule has 0 aliphatic heterocycles. The Labute approximate surface area is 92.5 Å². The van der Waals surface area contributed by atoms with Crippen molar-refractivity contribution in [3.05, 3.63) is 0 Å². The highest BCUT2D eigenvalue weighted by Gasteiger charge is 2.27. The monoisotopic (exact) mass is 242 g/mol. The number of halogens is 3. The van der Waals surface area contributed by atoms with Crippen LogP contribution in [0.4, 0.5) is 13.2 Å². The third kappa shape index (κ3) is 11.3. The molecule has 0 rings (SSSR count). The number of rotatable bonds is 8. The van der Waals surface area contributed by atoms with Gasteiger partial charge in [-0.05, 0) is 20.0 Å². The molecule has 0 bridgehead atoms. The van der Waals surface area contributed by atoms with Crippen LogP contribution in [0.25, 0.3) is 0 Å². The van der Waals surface area contributed by atoms with Crippen LogP contribution in [0, 0.1) is 0 Å². The summed E-state index contributed by atoms with van der Waals surface area (Å²) in [5.41, 5.74) is 0. The summed E-state index contributed by atoms with van der Waals surface area (Å²) >= 11 is 0. The van der Waals surface area contributed by atoms with E-state index in [0.717, 1.165) is 13.0 Å². The van der Waals surface area contributed by atoms with E-state index in [4.69, 9.17) is 0 Å². The third-order valence-corrected chi connectivity index (χ3v) is 1.66.